The number of nitrogens with two attached hydrogens (primary N) is 1. The third kappa shape index (κ3) is 2.74. The minimum absolute atomic E-state index is 0.0467. The SMILES string of the molecule is Cc1cc(N)cc(C(=O)CCCl)c1. The molecule has 0 aliphatic heterocycles. The van der Waals surface area contributed by atoms with E-state index in [4.69, 9.17) is 17.3 Å². The van der Waals surface area contributed by atoms with Gasteiger partial charge in [-0.2, -0.15) is 0 Å². The monoisotopic (exact) mass is 197 g/mol. The van der Waals surface area contributed by atoms with Gasteiger partial charge in [-0.15, -0.1) is 11.6 Å². The molecule has 0 aliphatic carbocycles. The Balaban J connectivity index is 2.94. The molecule has 1 aromatic rings. The van der Waals surface area contributed by atoms with E-state index in [2.05, 4.69) is 0 Å². The molecule has 0 saturated carbocycles. The van der Waals surface area contributed by atoms with Crippen molar-refractivity contribution in [3.8, 4) is 0 Å². The van der Waals surface area contributed by atoms with E-state index in [1.54, 1.807) is 6.07 Å². The minimum atomic E-state index is 0.0467. The van der Waals surface area contributed by atoms with Crippen molar-refractivity contribution in [3.63, 3.8) is 0 Å². The fourth-order valence-electron chi connectivity index (χ4n) is 1.20. The van der Waals surface area contributed by atoms with Gasteiger partial charge in [0.2, 0.25) is 0 Å². The second-order valence-corrected chi connectivity index (χ2v) is 3.37. The molecular weight excluding hydrogens is 186 g/mol. The molecular formula is C10H12ClNO. The molecule has 0 saturated heterocycles. The van der Waals surface area contributed by atoms with Gasteiger partial charge >= 0.3 is 0 Å². The Labute approximate surface area is 82.7 Å². The Hall–Kier alpha value is -1.02. The number of alkyl halides is 1. The Bertz CT molecular complexity index is 302. The lowest BCUT2D eigenvalue weighted by Crippen LogP contribution is -2.01. The first kappa shape index (κ1) is 10.1. The highest BCUT2D eigenvalue weighted by Crippen LogP contribution is 2.13. The number of hydrogen-bond donors (Lipinski definition) is 1. The van der Waals surface area contributed by atoms with Gasteiger partial charge in [0.05, 0.1) is 0 Å². The van der Waals surface area contributed by atoms with Gasteiger partial charge in [-0.25, -0.2) is 0 Å². The zero-order valence-electron chi connectivity index (χ0n) is 7.51. The van der Waals surface area contributed by atoms with Crippen LogP contribution < -0.4 is 5.73 Å². The average molecular weight is 198 g/mol. The Morgan fingerprint density at radius 1 is 1.46 bits per heavy atom. The van der Waals surface area contributed by atoms with E-state index in [-0.39, 0.29) is 5.78 Å². The molecule has 1 aromatic carbocycles. The van der Waals surface area contributed by atoms with Crippen molar-refractivity contribution in [1.29, 1.82) is 0 Å². The summed E-state index contributed by atoms with van der Waals surface area (Å²) in [5, 5.41) is 0. The molecule has 0 heterocycles. The second kappa shape index (κ2) is 4.28. The summed E-state index contributed by atoms with van der Waals surface area (Å²) in [6, 6.07) is 5.34. The third-order valence-electron chi connectivity index (χ3n) is 1.74. The summed E-state index contributed by atoms with van der Waals surface area (Å²) in [6.07, 6.45) is 0.366. The zero-order valence-corrected chi connectivity index (χ0v) is 8.27. The third-order valence-corrected chi connectivity index (χ3v) is 1.93. The molecule has 2 nitrogen and oxygen atoms in total. The number of carbonyl (C=O) groups is 1. The van der Waals surface area contributed by atoms with Crippen molar-refractivity contribution in [2.24, 2.45) is 0 Å². The van der Waals surface area contributed by atoms with Crippen LogP contribution in [-0.2, 0) is 0 Å². The molecule has 0 unspecified atom stereocenters. The summed E-state index contributed by atoms with van der Waals surface area (Å²) in [5.74, 6) is 0.401. The van der Waals surface area contributed by atoms with Crippen molar-refractivity contribution < 1.29 is 4.79 Å². The van der Waals surface area contributed by atoms with Crippen LogP contribution in [0, 0.1) is 6.92 Å². The first-order chi connectivity index (χ1) is 6.13. The van der Waals surface area contributed by atoms with Gasteiger partial charge in [-0.05, 0) is 30.7 Å². The number of benzene rings is 1. The van der Waals surface area contributed by atoms with Crippen molar-refractivity contribution >= 4 is 23.1 Å². The van der Waals surface area contributed by atoms with E-state index in [9.17, 15) is 4.79 Å². The Morgan fingerprint density at radius 2 is 2.15 bits per heavy atom. The minimum Gasteiger partial charge on any atom is -0.399 e. The number of hydrogen-bond acceptors (Lipinski definition) is 2. The number of halogens is 1. The van der Waals surface area contributed by atoms with E-state index in [0.29, 0.717) is 23.6 Å². The summed E-state index contributed by atoms with van der Waals surface area (Å²) >= 11 is 5.47. The predicted molar refractivity (Wildman–Crippen MR) is 55.3 cm³/mol. The van der Waals surface area contributed by atoms with Crippen LogP contribution in [0.1, 0.15) is 22.3 Å². The van der Waals surface area contributed by atoms with E-state index < -0.39 is 0 Å². The number of nitrogen functional groups attached to an aromatic ring is 1. The van der Waals surface area contributed by atoms with Crippen molar-refractivity contribution in [1.82, 2.24) is 0 Å². The van der Waals surface area contributed by atoms with Crippen molar-refractivity contribution in [2.45, 2.75) is 13.3 Å². The van der Waals surface area contributed by atoms with Crippen molar-refractivity contribution in [2.75, 3.05) is 11.6 Å². The number of anilines is 1. The van der Waals surface area contributed by atoms with E-state index in [1.807, 2.05) is 19.1 Å². The molecule has 0 amide bonds. The van der Waals surface area contributed by atoms with Crippen molar-refractivity contribution in [3.05, 3.63) is 29.3 Å². The van der Waals surface area contributed by atoms with Crippen LogP contribution in [-0.4, -0.2) is 11.7 Å². The molecule has 0 aliphatic rings. The number of rotatable bonds is 3. The standard InChI is InChI=1S/C10H12ClNO/c1-7-4-8(6-9(12)5-7)10(13)2-3-11/h4-6H,2-3,12H2,1H3. The van der Waals surface area contributed by atoms with E-state index in [1.165, 1.54) is 0 Å². The zero-order chi connectivity index (χ0) is 9.84. The summed E-state index contributed by atoms with van der Waals surface area (Å²) in [4.78, 5) is 11.4. The fraction of sp³-hybridized carbons (Fsp3) is 0.300. The largest absolute Gasteiger partial charge is 0.399 e. The molecule has 70 valence electrons. The van der Waals surface area contributed by atoms with Crippen LogP contribution in [0.2, 0.25) is 0 Å². The Kier molecular flexibility index (Phi) is 3.32. The van der Waals surface area contributed by atoms with Gasteiger partial charge in [0.15, 0.2) is 5.78 Å². The molecule has 0 radical (unpaired) electrons. The predicted octanol–water partition coefficient (Wildman–Crippen LogP) is 2.39. The maximum Gasteiger partial charge on any atom is 0.164 e. The molecule has 0 spiro atoms. The van der Waals surface area contributed by atoms with E-state index >= 15 is 0 Å². The van der Waals surface area contributed by atoms with Gasteiger partial charge in [0.25, 0.3) is 0 Å². The first-order valence-corrected chi connectivity index (χ1v) is 4.63. The van der Waals surface area contributed by atoms with Crippen LogP contribution in [0.15, 0.2) is 18.2 Å². The lowest BCUT2D eigenvalue weighted by atomic mass is 10.1. The fourth-order valence-corrected chi connectivity index (χ4v) is 1.38. The van der Waals surface area contributed by atoms with Crippen LogP contribution in [0.25, 0.3) is 0 Å². The highest BCUT2D eigenvalue weighted by atomic mass is 35.5. The lowest BCUT2D eigenvalue weighted by Gasteiger charge is -2.02. The van der Waals surface area contributed by atoms with Gasteiger partial charge in [0, 0.05) is 23.6 Å². The Morgan fingerprint density at radius 3 is 2.69 bits per heavy atom. The molecule has 0 atom stereocenters. The van der Waals surface area contributed by atoms with Crippen LogP contribution in [0.5, 0.6) is 0 Å². The maximum absolute atomic E-state index is 11.4. The molecule has 1 rings (SSSR count). The topological polar surface area (TPSA) is 43.1 Å². The first-order valence-electron chi connectivity index (χ1n) is 4.10. The summed E-state index contributed by atoms with van der Waals surface area (Å²) in [5.41, 5.74) is 7.88. The summed E-state index contributed by atoms with van der Waals surface area (Å²) < 4.78 is 0. The van der Waals surface area contributed by atoms with Gasteiger partial charge in [-0.1, -0.05) is 0 Å². The number of aryl methyl sites for hydroxylation is 1. The quantitative estimate of drug-likeness (QED) is 0.459. The molecule has 13 heavy (non-hydrogen) atoms. The van der Waals surface area contributed by atoms with Crippen LogP contribution >= 0.6 is 11.6 Å². The van der Waals surface area contributed by atoms with Crippen LogP contribution in [0.3, 0.4) is 0 Å². The average Bonchev–Trinajstić information content (AvgIpc) is 2.03. The smallest absolute Gasteiger partial charge is 0.164 e. The molecule has 0 aromatic heterocycles. The molecule has 0 fully saturated rings. The molecule has 3 heteroatoms. The normalized spacial score (nSPS) is 10.0. The highest BCUT2D eigenvalue weighted by Gasteiger charge is 2.05. The highest BCUT2D eigenvalue weighted by molar-refractivity contribution is 6.19. The van der Waals surface area contributed by atoms with Gasteiger partial charge < -0.3 is 5.73 Å². The van der Waals surface area contributed by atoms with Gasteiger partial charge in [-0.3, -0.25) is 4.79 Å². The number of Topliss-reactive ketones (excluding diaryl/α,β-unsaturated/α-hetero) is 1. The van der Waals surface area contributed by atoms with E-state index in [0.717, 1.165) is 5.56 Å². The second-order valence-electron chi connectivity index (χ2n) is 2.99. The maximum atomic E-state index is 11.4. The van der Waals surface area contributed by atoms with Gasteiger partial charge in [0.1, 0.15) is 0 Å². The number of ketones is 1. The molecule has 2 N–H and O–H groups in total. The lowest BCUT2D eigenvalue weighted by molar-refractivity contribution is 0.0989. The molecule has 0 bridgehead atoms. The summed E-state index contributed by atoms with van der Waals surface area (Å²) in [7, 11) is 0. The summed E-state index contributed by atoms with van der Waals surface area (Å²) in [6.45, 7) is 1.91. The number of carbonyl (C=O) groups excluding carboxylic acids is 1. The van der Waals surface area contributed by atoms with Crippen LogP contribution in [0.4, 0.5) is 5.69 Å².